The van der Waals surface area contributed by atoms with Gasteiger partial charge in [-0.2, -0.15) is 13.2 Å². The van der Waals surface area contributed by atoms with Gasteiger partial charge in [0.05, 0.1) is 0 Å². The predicted molar refractivity (Wildman–Crippen MR) is 76.0 cm³/mol. The maximum atomic E-state index is 12.5. The molecule has 9 heteroatoms. The number of halogens is 3. The van der Waals surface area contributed by atoms with E-state index in [9.17, 15) is 22.8 Å². The van der Waals surface area contributed by atoms with Gasteiger partial charge in [-0.25, -0.2) is 4.79 Å². The van der Waals surface area contributed by atoms with E-state index in [1.807, 2.05) is 0 Å². The Kier molecular flexibility index (Phi) is 6.05. The van der Waals surface area contributed by atoms with Crippen LogP contribution in [0.3, 0.4) is 0 Å². The molecule has 6 nitrogen and oxygen atoms in total. The number of ether oxygens (including phenoxy) is 3. The Hall–Kier alpha value is -2.45. The number of aliphatic carboxylic acids is 1. The van der Waals surface area contributed by atoms with E-state index in [1.165, 1.54) is 24.3 Å². The van der Waals surface area contributed by atoms with Gasteiger partial charge in [-0.05, 0) is 45.0 Å². The van der Waals surface area contributed by atoms with Gasteiger partial charge in [0.2, 0.25) is 0 Å². The third-order valence-corrected chi connectivity index (χ3v) is 2.52. The highest BCUT2D eigenvalue weighted by atomic mass is 19.4. The lowest BCUT2D eigenvalue weighted by atomic mass is 10.1. The van der Waals surface area contributed by atoms with E-state index in [0.717, 1.165) is 0 Å². The molecule has 0 saturated carbocycles. The Morgan fingerprint density at radius 1 is 1.08 bits per heavy atom. The van der Waals surface area contributed by atoms with Gasteiger partial charge in [0.15, 0.2) is 5.92 Å². The minimum Gasteiger partial charge on any atom is -0.492 e. The second-order valence-corrected chi connectivity index (χ2v) is 5.78. The number of carboxylic acids is 1. The summed E-state index contributed by atoms with van der Waals surface area (Å²) in [4.78, 5) is 22.0. The quantitative estimate of drug-likeness (QED) is 0.645. The highest BCUT2D eigenvalue weighted by Crippen LogP contribution is 2.28. The summed E-state index contributed by atoms with van der Waals surface area (Å²) in [6, 6.07) is 5.05. The molecule has 0 saturated heterocycles. The molecule has 24 heavy (non-hydrogen) atoms. The molecule has 0 bridgehead atoms. The van der Waals surface area contributed by atoms with Gasteiger partial charge in [0, 0.05) is 0 Å². The van der Waals surface area contributed by atoms with Crippen LogP contribution >= 0.6 is 0 Å². The maximum absolute atomic E-state index is 12.5. The SMILES string of the molecule is CC(C)(C)OC(=O)Oc1ccc(OCC(C(=O)O)C(F)(F)F)cc1. The fourth-order valence-corrected chi connectivity index (χ4v) is 1.46. The highest BCUT2D eigenvalue weighted by Gasteiger charge is 2.45. The van der Waals surface area contributed by atoms with Crippen LogP contribution in [-0.2, 0) is 9.53 Å². The van der Waals surface area contributed by atoms with Crippen LogP contribution in [0.4, 0.5) is 18.0 Å². The number of carbonyl (C=O) groups excluding carboxylic acids is 1. The van der Waals surface area contributed by atoms with Gasteiger partial charge in [-0.1, -0.05) is 0 Å². The van der Waals surface area contributed by atoms with E-state index in [0.29, 0.717) is 0 Å². The van der Waals surface area contributed by atoms with Crippen molar-refractivity contribution >= 4 is 12.1 Å². The molecule has 0 amide bonds. The summed E-state index contributed by atoms with van der Waals surface area (Å²) >= 11 is 0. The Morgan fingerprint density at radius 2 is 1.58 bits per heavy atom. The van der Waals surface area contributed by atoms with Crippen molar-refractivity contribution in [2.24, 2.45) is 5.92 Å². The predicted octanol–water partition coefficient (Wildman–Crippen LogP) is 3.64. The average molecular weight is 350 g/mol. The molecule has 1 atom stereocenters. The smallest absolute Gasteiger partial charge is 0.492 e. The summed E-state index contributed by atoms with van der Waals surface area (Å²) in [6.45, 7) is 3.91. The molecule has 0 fully saturated rings. The number of hydrogen-bond donors (Lipinski definition) is 1. The van der Waals surface area contributed by atoms with E-state index < -0.39 is 36.4 Å². The first-order valence-electron chi connectivity index (χ1n) is 6.82. The van der Waals surface area contributed by atoms with Gasteiger partial charge >= 0.3 is 18.3 Å². The van der Waals surface area contributed by atoms with Crippen molar-refractivity contribution in [1.82, 2.24) is 0 Å². The zero-order valence-corrected chi connectivity index (χ0v) is 13.2. The number of hydrogen-bond acceptors (Lipinski definition) is 5. The van der Waals surface area contributed by atoms with Crippen LogP contribution in [0.1, 0.15) is 20.8 Å². The zero-order valence-electron chi connectivity index (χ0n) is 13.2. The van der Waals surface area contributed by atoms with Crippen molar-refractivity contribution in [2.75, 3.05) is 6.61 Å². The summed E-state index contributed by atoms with van der Waals surface area (Å²) in [5.41, 5.74) is -0.733. The summed E-state index contributed by atoms with van der Waals surface area (Å²) in [6.07, 6.45) is -5.84. The number of benzene rings is 1. The summed E-state index contributed by atoms with van der Waals surface area (Å²) in [7, 11) is 0. The lowest BCUT2D eigenvalue weighted by molar-refractivity contribution is -0.198. The van der Waals surface area contributed by atoms with Crippen LogP contribution in [0, 0.1) is 5.92 Å². The van der Waals surface area contributed by atoms with Crippen molar-refractivity contribution in [3.05, 3.63) is 24.3 Å². The van der Waals surface area contributed by atoms with Gasteiger partial charge in [-0.3, -0.25) is 4.79 Å². The molecule has 1 aromatic rings. The fourth-order valence-electron chi connectivity index (χ4n) is 1.46. The Balaban J connectivity index is 2.62. The van der Waals surface area contributed by atoms with Crippen LogP contribution in [0.5, 0.6) is 11.5 Å². The molecule has 1 N–H and O–H groups in total. The minimum absolute atomic E-state index is 0.00189. The van der Waals surface area contributed by atoms with Crippen LogP contribution in [0.2, 0.25) is 0 Å². The van der Waals surface area contributed by atoms with E-state index in [4.69, 9.17) is 19.3 Å². The number of alkyl halides is 3. The molecule has 0 radical (unpaired) electrons. The molecule has 0 aliphatic carbocycles. The van der Waals surface area contributed by atoms with E-state index in [-0.39, 0.29) is 11.5 Å². The molecular weight excluding hydrogens is 333 g/mol. The molecule has 1 rings (SSSR count). The lowest BCUT2D eigenvalue weighted by Gasteiger charge is -2.19. The summed E-state index contributed by atoms with van der Waals surface area (Å²) < 4.78 is 52.1. The molecular formula is C15H17F3O6. The van der Waals surface area contributed by atoms with Crippen LogP contribution in [0.25, 0.3) is 0 Å². The van der Waals surface area contributed by atoms with Crippen molar-refractivity contribution in [1.29, 1.82) is 0 Å². The lowest BCUT2D eigenvalue weighted by Crippen LogP contribution is -2.35. The van der Waals surface area contributed by atoms with Crippen molar-refractivity contribution in [3.63, 3.8) is 0 Å². The Labute approximate surface area is 136 Å². The summed E-state index contributed by atoms with van der Waals surface area (Å²) in [5.74, 6) is -4.55. The normalized spacial score (nSPS) is 13.1. The van der Waals surface area contributed by atoms with Crippen molar-refractivity contribution < 1.29 is 42.1 Å². The second kappa shape index (κ2) is 7.41. The molecule has 134 valence electrons. The molecule has 0 aromatic heterocycles. The van der Waals surface area contributed by atoms with Crippen LogP contribution in [0.15, 0.2) is 24.3 Å². The fraction of sp³-hybridized carbons (Fsp3) is 0.467. The molecule has 0 heterocycles. The van der Waals surface area contributed by atoms with Crippen molar-refractivity contribution in [3.8, 4) is 11.5 Å². The van der Waals surface area contributed by atoms with Gasteiger partial charge in [0.1, 0.15) is 23.7 Å². The summed E-state index contributed by atoms with van der Waals surface area (Å²) in [5, 5.41) is 8.55. The first kappa shape index (κ1) is 19.6. The number of carboxylic acid groups (broad SMARTS) is 1. The molecule has 0 aliphatic heterocycles. The minimum atomic E-state index is -4.91. The molecule has 0 spiro atoms. The zero-order chi connectivity index (χ0) is 18.5. The average Bonchev–Trinajstić information content (AvgIpc) is 2.36. The van der Waals surface area contributed by atoms with Gasteiger partial charge in [0.25, 0.3) is 0 Å². The maximum Gasteiger partial charge on any atom is 0.514 e. The van der Waals surface area contributed by atoms with E-state index in [2.05, 4.69) is 0 Å². The standard InChI is InChI=1S/C15H17F3O6/c1-14(2,3)24-13(21)23-10-6-4-9(5-7-10)22-8-11(12(19)20)15(16,17)18/h4-7,11H,8H2,1-3H3,(H,19,20). The van der Waals surface area contributed by atoms with Crippen molar-refractivity contribution in [2.45, 2.75) is 32.5 Å². The number of carbonyl (C=O) groups is 2. The molecule has 0 aliphatic rings. The monoisotopic (exact) mass is 350 g/mol. The van der Waals surface area contributed by atoms with E-state index in [1.54, 1.807) is 20.8 Å². The Bertz CT molecular complexity index is 574. The van der Waals surface area contributed by atoms with Gasteiger partial charge < -0.3 is 19.3 Å². The van der Waals surface area contributed by atoms with Gasteiger partial charge in [-0.15, -0.1) is 0 Å². The third kappa shape index (κ3) is 6.76. The Morgan fingerprint density at radius 3 is 2.00 bits per heavy atom. The first-order chi connectivity index (χ1) is 10.9. The molecule has 1 aromatic carbocycles. The largest absolute Gasteiger partial charge is 0.514 e. The number of rotatable bonds is 5. The first-order valence-corrected chi connectivity index (χ1v) is 6.82. The van der Waals surface area contributed by atoms with E-state index >= 15 is 0 Å². The van der Waals surface area contributed by atoms with Crippen LogP contribution in [-0.4, -0.2) is 35.6 Å². The second-order valence-electron chi connectivity index (χ2n) is 5.78. The third-order valence-electron chi connectivity index (χ3n) is 2.52. The highest BCUT2D eigenvalue weighted by molar-refractivity contribution is 5.71. The van der Waals surface area contributed by atoms with Crippen LogP contribution < -0.4 is 9.47 Å². The molecule has 1 unspecified atom stereocenters. The topological polar surface area (TPSA) is 82.1 Å².